The maximum Gasteiger partial charge on any atom is 0.326 e. The molecule has 38 heteroatoms. The zero-order chi connectivity index (χ0) is 81.9. The summed E-state index contributed by atoms with van der Waals surface area (Å²) in [6.07, 6.45) is 7.09. The van der Waals surface area contributed by atoms with E-state index in [1.54, 1.807) is 88.5 Å². The monoisotopic (exact) mass is 1560 g/mol. The summed E-state index contributed by atoms with van der Waals surface area (Å²) in [5.41, 5.74) is 14.7. The number of carbonyl (C=O) groups excluding carboxylic acids is 11. The van der Waals surface area contributed by atoms with Gasteiger partial charge in [0, 0.05) is 98.0 Å². The minimum atomic E-state index is -2.06. The first-order chi connectivity index (χ1) is 53.3. The quantitative estimate of drug-likeness (QED) is 0.0111. The molecule has 0 aliphatic carbocycles. The van der Waals surface area contributed by atoms with Crippen LogP contribution >= 0.6 is 0 Å². The van der Waals surface area contributed by atoms with Gasteiger partial charge in [0.15, 0.2) is 5.96 Å². The fourth-order valence-electron chi connectivity index (χ4n) is 12.8. The van der Waals surface area contributed by atoms with Crippen LogP contribution in [-0.2, 0) is 94.4 Å². The fourth-order valence-corrected chi connectivity index (χ4v) is 12.8. The number of H-pyrrole nitrogens is 4. The smallest absolute Gasteiger partial charge is 0.326 e. The highest BCUT2D eigenvalue weighted by molar-refractivity contribution is 6.01. The van der Waals surface area contributed by atoms with Gasteiger partial charge in [-0.2, -0.15) is 0 Å². The largest absolute Gasteiger partial charge is 0.481 e. The van der Waals surface area contributed by atoms with Crippen LogP contribution in [0.25, 0.3) is 10.9 Å². The number of fused-ring (bicyclic) bond motifs is 1. The molecule has 38 nitrogen and oxygen atoms in total. The summed E-state index contributed by atoms with van der Waals surface area (Å²) in [6.45, 7) is 11.6. The predicted molar refractivity (Wildman–Crippen MR) is 406 cm³/mol. The molecule has 1 aliphatic rings. The second-order valence-electron chi connectivity index (χ2n) is 28.7. The van der Waals surface area contributed by atoms with Gasteiger partial charge in [-0.05, 0) is 74.0 Å². The van der Waals surface area contributed by atoms with Gasteiger partial charge in [-0.25, -0.2) is 19.7 Å². The summed E-state index contributed by atoms with van der Waals surface area (Å²) in [5, 5.41) is 68.6. The summed E-state index contributed by atoms with van der Waals surface area (Å²) >= 11 is 0. The Bertz CT molecular complexity index is 4170. The molecule has 1 saturated heterocycles. The van der Waals surface area contributed by atoms with Gasteiger partial charge >= 0.3 is 11.9 Å². The van der Waals surface area contributed by atoms with Gasteiger partial charge in [-0.3, -0.25) is 62.9 Å². The molecule has 7 rings (SSSR count). The minimum absolute atomic E-state index is 0.0408. The second-order valence-corrected chi connectivity index (χ2v) is 28.7. The molecular formula is C74H104N22O16. The molecule has 0 bridgehead atoms. The van der Waals surface area contributed by atoms with Crippen LogP contribution in [0.15, 0.2) is 98.4 Å². The van der Waals surface area contributed by atoms with Crippen molar-refractivity contribution in [2.24, 2.45) is 29.2 Å². The van der Waals surface area contributed by atoms with E-state index in [2.05, 4.69) is 93.4 Å². The van der Waals surface area contributed by atoms with E-state index >= 15 is 4.79 Å². The van der Waals surface area contributed by atoms with E-state index in [-0.39, 0.29) is 83.2 Å². The molecule has 0 unspecified atom stereocenters. The molecule has 606 valence electrons. The van der Waals surface area contributed by atoms with E-state index < -0.39 is 180 Å². The van der Waals surface area contributed by atoms with Crippen molar-refractivity contribution in [3.8, 4) is 0 Å². The highest BCUT2D eigenvalue weighted by Crippen LogP contribution is 2.24. The third kappa shape index (κ3) is 26.0. The highest BCUT2D eigenvalue weighted by Gasteiger charge is 2.43. The SMILES string of the molecule is CC[C@H](C)[C@H](NC(=O)[C@H](CCCNC(=N)N)NC(=O)[C@@H](NC(=O)[C@@H]1CCCN1C(=O)[C@H](CC(C)C)NC(=O)[C@@H](N)Cc1cnc[nH]1)C(C)C)C(=O)N[C@H](C(=O)N[C@@H](CC(=O)O)C(=O)N[C@@H](Cc1c[nH]c2ccccc12)C(=O)N[C@@H](Cc1ccccc1)C(=O)N[C@@H](Cc1cnc[nH]1)C(=O)N[C@@H](Cc1cnc[nH]1)C(=O)O)[C@@H](C)O. The van der Waals surface area contributed by atoms with Crippen molar-refractivity contribution >= 4 is 93.8 Å². The van der Waals surface area contributed by atoms with E-state index in [4.69, 9.17) is 16.9 Å². The number of likely N-dealkylation sites (tertiary alicyclic amines) is 1. The summed E-state index contributed by atoms with van der Waals surface area (Å²) in [4.78, 5) is 209. The molecule has 5 heterocycles. The van der Waals surface area contributed by atoms with E-state index in [9.17, 15) is 72.9 Å². The van der Waals surface area contributed by atoms with Gasteiger partial charge in [0.2, 0.25) is 65.0 Å². The van der Waals surface area contributed by atoms with Crippen LogP contribution in [0, 0.1) is 23.2 Å². The number of hydrogen-bond donors (Lipinski definition) is 21. The minimum Gasteiger partial charge on any atom is -0.481 e. The van der Waals surface area contributed by atoms with E-state index in [0.29, 0.717) is 45.5 Å². The van der Waals surface area contributed by atoms with Crippen molar-refractivity contribution in [2.75, 3.05) is 13.1 Å². The molecule has 11 amide bonds. The highest BCUT2D eigenvalue weighted by atomic mass is 16.4. The number of nitrogens with zero attached hydrogens (tertiary/aromatic N) is 4. The number of imidazole rings is 3. The zero-order valence-electron chi connectivity index (χ0n) is 63.5. The Hall–Kier alpha value is -12.1. The van der Waals surface area contributed by atoms with Crippen molar-refractivity contribution in [3.05, 3.63) is 127 Å². The lowest BCUT2D eigenvalue weighted by Crippen LogP contribution is -2.63. The van der Waals surface area contributed by atoms with Crippen molar-refractivity contribution in [1.29, 1.82) is 5.41 Å². The van der Waals surface area contributed by atoms with Crippen LogP contribution in [0.3, 0.4) is 0 Å². The molecule has 0 saturated carbocycles. The molecular weight excluding hydrogens is 1450 g/mol. The Labute approximate surface area is 645 Å². The summed E-state index contributed by atoms with van der Waals surface area (Å²) in [6, 6.07) is -2.49. The van der Waals surface area contributed by atoms with Gasteiger partial charge in [0.1, 0.15) is 66.5 Å². The Balaban J connectivity index is 1.08. The topological polar surface area (TPSA) is 596 Å². The average Bonchev–Trinajstić information content (AvgIpc) is 1.62. The number of aromatic amines is 4. The lowest BCUT2D eigenvalue weighted by molar-refractivity contribution is -0.143. The number of carboxylic acids is 2. The molecule has 1 aliphatic heterocycles. The van der Waals surface area contributed by atoms with Crippen molar-refractivity contribution < 1.29 is 77.6 Å². The first kappa shape index (κ1) is 87.1. The molecule has 14 atom stereocenters. The van der Waals surface area contributed by atoms with Gasteiger partial charge in [-0.15, -0.1) is 0 Å². The number of rotatable bonds is 44. The summed E-state index contributed by atoms with van der Waals surface area (Å²) < 4.78 is 0. The first-order valence-corrected chi connectivity index (χ1v) is 37.1. The maximum absolute atomic E-state index is 15.1. The normalized spacial score (nSPS) is 16.2. The van der Waals surface area contributed by atoms with Crippen molar-refractivity contribution in [3.63, 3.8) is 0 Å². The van der Waals surface area contributed by atoms with E-state index in [1.807, 2.05) is 13.8 Å². The van der Waals surface area contributed by atoms with Crippen LogP contribution in [0.5, 0.6) is 0 Å². The van der Waals surface area contributed by atoms with Gasteiger partial charge < -0.3 is 110 Å². The number of hydrogen-bond acceptors (Lipinski definition) is 19. The molecule has 4 aromatic heterocycles. The molecule has 1 fully saturated rings. The van der Waals surface area contributed by atoms with Crippen molar-refractivity contribution in [2.45, 2.75) is 204 Å². The Morgan fingerprint density at radius 1 is 0.562 bits per heavy atom. The predicted octanol–water partition coefficient (Wildman–Crippen LogP) is -2.03. The zero-order valence-corrected chi connectivity index (χ0v) is 63.5. The number of nitrogens with two attached hydrogens (primary N) is 2. The Morgan fingerprint density at radius 2 is 1.06 bits per heavy atom. The summed E-state index contributed by atoms with van der Waals surface area (Å²) in [7, 11) is 0. The van der Waals surface area contributed by atoms with Gasteiger partial charge in [0.25, 0.3) is 0 Å². The second kappa shape index (κ2) is 42.2. The number of aliphatic hydroxyl groups excluding tert-OH is 1. The first-order valence-electron chi connectivity index (χ1n) is 37.1. The molecule has 112 heavy (non-hydrogen) atoms. The lowest BCUT2D eigenvalue weighted by atomic mass is 9.96. The number of benzene rings is 2. The fraction of sp³-hybridized carbons (Fsp3) is 0.500. The van der Waals surface area contributed by atoms with Crippen LogP contribution < -0.4 is 70.0 Å². The number of nitrogens with one attached hydrogen (secondary N) is 16. The molecule has 0 radical (unpaired) electrons. The van der Waals surface area contributed by atoms with E-state index in [0.717, 1.165) is 6.92 Å². The number of guanidine groups is 1. The Morgan fingerprint density at radius 3 is 1.62 bits per heavy atom. The van der Waals surface area contributed by atoms with E-state index in [1.165, 1.54) is 42.5 Å². The summed E-state index contributed by atoms with van der Waals surface area (Å²) in [5.74, 6) is -15.0. The molecule has 23 N–H and O–H groups in total. The average molecular weight is 1560 g/mol. The van der Waals surface area contributed by atoms with Crippen LogP contribution in [-0.4, -0.2) is 230 Å². The number of amides is 11. The number of aliphatic carboxylic acids is 2. The van der Waals surface area contributed by atoms with Crippen molar-refractivity contribution in [1.82, 2.24) is 98.3 Å². The van der Waals surface area contributed by atoms with Gasteiger partial charge in [-0.1, -0.05) is 96.5 Å². The molecule has 2 aromatic carbocycles. The number of carboxylic acid groups (broad SMARTS) is 2. The number of carbonyl (C=O) groups is 13. The lowest BCUT2D eigenvalue weighted by Gasteiger charge is -2.32. The van der Waals surface area contributed by atoms with Crippen LogP contribution in [0.1, 0.15) is 122 Å². The van der Waals surface area contributed by atoms with Crippen LogP contribution in [0.2, 0.25) is 0 Å². The standard InChI is InChI=1S/C74H104N22O16/c1-8-40(6)60(94-63(101)50(20-14-22-81-74(76)77)86-69(107)59(39(4)5)93-68(106)57-21-15-23-96(57)72(110)55(24-38(2)3)91-62(100)48(75)27-44-32-78-35-83-44)70(108)95-61(41(7)97)71(109)90-54(30-58(98)99)67(105)88-52(26-43-31-82-49-19-13-12-18-47(43)49)65(103)87-51(25-42-16-10-9-11-17-42)64(102)89-53(28-45-33-79-36-84-45)66(104)92-56(73(111)112)29-46-34-80-37-85-46/h9-13,16-19,31-41,48,50-57,59-61,82,97H,8,14-15,20-30,75H2,1-7H3,(H,78,83)(H,79,84)(H,80,85)(H,86,107)(H,87,103)(H,88,105)(H,89,102)(H,90,109)(H,91,100)(H,92,104)(H,93,106)(H,94,101)(H,95,108)(H,98,99)(H,111,112)(H4,76,77,81)/t40-,41+,48-,50-,51-,52-,53-,54-,55-,56-,57-,59-,60-,61-/m0/s1. The van der Waals surface area contributed by atoms with Gasteiger partial charge in [0.05, 0.1) is 37.5 Å². The number of para-hydroxylation sites is 1. The third-order valence-electron chi connectivity index (χ3n) is 19.1. The molecule has 0 spiro atoms. The van der Waals surface area contributed by atoms with Crippen LogP contribution in [0.4, 0.5) is 0 Å². The third-order valence-corrected chi connectivity index (χ3v) is 19.1. The number of aliphatic hydroxyl groups is 1. The molecule has 6 aromatic rings. The Kier molecular flexibility index (Phi) is 32.8. The number of aromatic nitrogens is 7. The maximum atomic E-state index is 15.1.